The monoisotopic (exact) mass is 448 g/mol. The third-order valence-electron chi connectivity index (χ3n) is 5.64. The van der Waals surface area contributed by atoms with Gasteiger partial charge in [0.15, 0.2) is 0 Å². The van der Waals surface area contributed by atoms with Gasteiger partial charge < -0.3 is 19.0 Å². The lowest BCUT2D eigenvalue weighted by atomic mass is 10.0. The molecule has 0 atom stereocenters. The van der Waals surface area contributed by atoms with Gasteiger partial charge in [-0.15, -0.1) is 10.2 Å². The van der Waals surface area contributed by atoms with Crippen LogP contribution in [0.15, 0.2) is 59.0 Å². The molecular formula is C25H28N4O4. The predicted octanol–water partition coefficient (Wildman–Crippen LogP) is 3.56. The van der Waals surface area contributed by atoms with Gasteiger partial charge in [0, 0.05) is 39.0 Å². The van der Waals surface area contributed by atoms with Gasteiger partial charge in [-0.3, -0.25) is 4.79 Å². The summed E-state index contributed by atoms with van der Waals surface area (Å²) < 4.78 is 10.8. The van der Waals surface area contributed by atoms with E-state index < -0.39 is 0 Å². The second kappa shape index (κ2) is 10.8. The number of piperazine rings is 1. The van der Waals surface area contributed by atoms with E-state index in [1.54, 1.807) is 16.7 Å². The summed E-state index contributed by atoms with van der Waals surface area (Å²) in [6.07, 6.45) is 0.924. The SMILES string of the molecule is CCOC(=O)N1CCN(C(=O)CCc2nnc(Cc3ccc(-c4ccccc4)cc3)o2)CC1. The maximum atomic E-state index is 12.5. The number of hydrogen-bond acceptors (Lipinski definition) is 6. The van der Waals surface area contributed by atoms with Gasteiger partial charge in [-0.2, -0.15) is 0 Å². The van der Waals surface area contributed by atoms with Gasteiger partial charge in [-0.1, -0.05) is 54.6 Å². The molecule has 0 N–H and O–H groups in total. The van der Waals surface area contributed by atoms with Gasteiger partial charge in [0.2, 0.25) is 17.7 Å². The highest BCUT2D eigenvalue weighted by molar-refractivity contribution is 5.77. The average Bonchev–Trinajstić information content (AvgIpc) is 3.31. The number of benzene rings is 2. The van der Waals surface area contributed by atoms with Crippen LogP contribution >= 0.6 is 0 Å². The first-order chi connectivity index (χ1) is 16.1. The lowest BCUT2D eigenvalue weighted by molar-refractivity contribution is -0.132. The first kappa shape index (κ1) is 22.5. The van der Waals surface area contributed by atoms with E-state index in [1.807, 2.05) is 18.2 Å². The van der Waals surface area contributed by atoms with Gasteiger partial charge >= 0.3 is 6.09 Å². The van der Waals surface area contributed by atoms with E-state index in [0.717, 1.165) is 11.1 Å². The van der Waals surface area contributed by atoms with E-state index >= 15 is 0 Å². The summed E-state index contributed by atoms with van der Waals surface area (Å²) in [4.78, 5) is 27.7. The van der Waals surface area contributed by atoms with Crippen LogP contribution in [0.1, 0.15) is 30.7 Å². The van der Waals surface area contributed by atoms with Crippen molar-refractivity contribution in [3.63, 3.8) is 0 Å². The summed E-state index contributed by atoms with van der Waals surface area (Å²) in [7, 11) is 0. The molecule has 0 bridgehead atoms. The Bertz CT molecular complexity index is 1060. The summed E-state index contributed by atoms with van der Waals surface area (Å²) in [5.41, 5.74) is 3.42. The van der Waals surface area contributed by atoms with Gasteiger partial charge in [-0.25, -0.2) is 4.79 Å². The number of carbonyl (C=O) groups excluding carboxylic acids is 2. The maximum Gasteiger partial charge on any atom is 0.409 e. The zero-order valence-electron chi connectivity index (χ0n) is 18.8. The number of aromatic nitrogens is 2. The molecule has 8 heteroatoms. The van der Waals surface area contributed by atoms with Crippen molar-refractivity contribution in [2.24, 2.45) is 0 Å². The molecule has 1 aliphatic heterocycles. The fourth-order valence-electron chi connectivity index (χ4n) is 3.81. The van der Waals surface area contributed by atoms with Crippen LogP contribution in [0, 0.1) is 0 Å². The molecule has 3 aromatic rings. The number of ether oxygens (including phenoxy) is 1. The summed E-state index contributed by atoms with van der Waals surface area (Å²) in [5.74, 6) is 1.02. The summed E-state index contributed by atoms with van der Waals surface area (Å²) >= 11 is 0. The molecule has 33 heavy (non-hydrogen) atoms. The third kappa shape index (κ3) is 5.97. The Kier molecular flexibility index (Phi) is 7.34. The van der Waals surface area contributed by atoms with Crippen LogP contribution in [0.5, 0.6) is 0 Å². The van der Waals surface area contributed by atoms with Crippen molar-refractivity contribution in [1.82, 2.24) is 20.0 Å². The van der Waals surface area contributed by atoms with Crippen molar-refractivity contribution in [3.8, 4) is 11.1 Å². The van der Waals surface area contributed by atoms with E-state index in [4.69, 9.17) is 9.15 Å². The molecule has 0 aliphatic carbocycles. The van der Waals surface area contributed by atoms with Crippen LogP contribution in [-0.4, -0.2) is 64.8 Å². The van der Waals surface area contributed by atoms with Crippen molar-refractivity contribution < 1.29 is 18.7 Å². The number of amides is 2. The minimum Gasteiger partial charge on any atom is -0.450 e. The van der Waals surface area contributed by atoms with Crippen LogP contribution in [0.4, 0.5) is 4.79 Å². The Balaban J connectivity index is 1.24. The number of hydrogen-bond donors (Lipinski definition) is 0. The average molecular weight is 449 g/mol. The molecule has 1 fully saturated rings. The Morgan fingerprint density at radius 2 is 1.52 bits per heavy atom. The topological polar surface area (TPSA) is 88.8 Å². The lowest BCUT2D eigenvalue weighted by Crippen LogP contribution is -2.50. The van der Waals surface area contributed by atoms with Crippen molar-refractivity contribution in [2.45, 2.75) is 26.2 Å². The molecule has 1 aromatic heterocycles. The fraction of sp³-hybridized carbons (Fsp3) is 0.360. The molecule has 1 saturated heterocycles. The highest BCUT2D eigenvalue weighted by Crippen LogP contribution is 2.20. The summed E-state index contributed by atoms with van der Waals surface area (Å²) in [5, 5.41) is 8.22. The Morgan fingerprint density at radius 1 is 0.879 bits per heavy atom. The highest BCUT2D eigenvalue weighted by atomic mass is 16.6. The van der Waals surface area contributed by atoms with Crippen LogP contribution in [0.2, 0.25) is 0 Å². The molecule has 8 nitrogen and oxygen atoms in total. The van der Waals surface area contributed by atoms with Gasteiger partial charge in [-0.05, 0) is 23.6 Å². The third-order valence-corrected chi connectivity index (χ3v) is 5.64. The van der Waals surface area contributed by atoms with Crippen LogP contribution in [-0.2, 0) is 22.4 Å². The molecule has 1 aliphatic rings. The van der Waals surface area contributed by atoms with Gasteiger partial charge in [0.05, 0.1) is 13.0 Å². The predicted molar refractivity (Wildman–Crippen MR) is 122 cm³/mol. The zero-order valence-corrected chi connectivity index (χ0v) is 18.8. The Labute approximate surface area is 193 Å². The lowest BCUT2D eigenvalue weighted by Gasteiger charge is -2.34. The van der Waals surface area contributed by atoms with Crippen LogP contribution < -0.4 is 0 Å². The number of nitrogens with zero attached hydrogens (tertiary/aromatic N) is 4. The normalized spacial score (nSPS) is 13.7. The molecular weight excluding hydrogens is 420 g/mol. The highest BCUT2D eigenvalue weighted by Gasteiger charge is 2.25. The van der Waals surface area contributed by atoms with E-state index in [2.05, 4.69) is 46.6 Å². The minimum atomic E-state index is -0.322. The largest absolute Gasteiger partial charge is 0.450 e. The standard InChI is InChI=1S/C25H28N4O4/c1-2-32-25(31)29-16-14-28(15-17-29)24(30)13-12-22-26-27-23(33-22)18-19-8-10-21(11-9-19)20-6-4-3-5-7-20/h3-11H,2,12-18H2,1H3. The van der Waals surface area contributed by atoms with E-state index in [9.17, 15) is 9.59 Å². The molecule has 0 radical (unpaired) electrons. The molecule has 2 heterocycles. The van der Waals surface area contributed by atoms with Crippen molar-refractivity contribution in [1.29, 1.82) is 0 Å². The van der Waals surface area contributed by atoms with Gasteiger partial charge in [0.1, 0.15) is 0 Å². The first-order valence-electron chi connectivity index (χ1n) is 11.3. The first-order valence-corrected chi connectivity index (χ1v) is 11.3. The van der Waals surface area contributed by atoms with Crippen molar-refractivity contribution in [3.05, 3.63) is 71.9 Å². The summed E-state index contributed by atoms with van der Waals surface area (Å²) in [6, 6.07) is 18.5. The maximum absolute atomic E-state index is 12.5. The smallest absolute Gasteiger partial charge is 0.409 e. The molecule has 172 valence electrons. The molecule has 0 saturated carbocycles. The number of rotatable bonds is 7. The van der Waals surface area contributed by atoms with Gasteiger partial charge in [0.25, 0.3) is 0 Å². The minimum absolute atomic E-state index is 0.0229. The molecule has 0 unspecified atom stereocenters. The van der Waals surface area contributed by atoms with Crippen LogP contribution in [0.3, 0.4) is 0 Å². The molecule has 4 rings (SSSR count). The Hall–Kier alpha value is -3.68. The van der Waals surface area contributed by atoms with Crippen molar-refractivity contribution >= 4 is 12.0 Å². The molecule has 2 aromatic carbocycles. The zero-order chi connectivity index (χ0) is 23.0. The van der Waals surface area contributed by atoms with E-state index in [0.29, 0.717) is 63.8 Å². The molecule has 2 amide bonds. The Morgan fingerprint density at radius 3 is 2.21 bits per heavy atom. The second-order valence-corrected chi connectivity index (χ2v) is 7.90. The summed E-state index contributed by atoms with van der Waals surface area (Å²) in [6.45, 7) is 4.11. The van der Waals surface area contributed by atoms with Crippen LogP contribution in [0.25, 0.3) is 11.1 Å². The fourth-order valence-corrected chi connectivity index (χ4v) is 3.81. The van der Waals surface area contributed by atoms with Crippen molar-refractivity contribution in [2.75, 3.05) is 32.8 Å². The van der Waals surface area contributed by atoms with E-state index in [-0.39, 0.29) is 12.0 Å². The van der Waals surface area contributed by atoms with E-state index in [1.165, 1.54) is 5.56 Å². The number of carbonyl (C=O) groups is 2. The second-order valence-electron chi connectivity index (χ2n) is 7.90. The quantitative estimate of drug-likeness (QED) is 0.549. The molecule has 0 spiro atoms. The number of aryl methyl sites for hydroxylation is 1.